The Labute approximate surface area is 186 Å². The first-order valence-electron chi connectivity index (χ1n) is 10.5. The fourth-order valence-electron chi connectivity index (χ4n) is 3.42. The third-order valence-corrected chi connectivity index (χ3v) is 4.87. The van der Waals surface area contributed by atoms with E-state index in [9.17, 15) is 9.59 Å². The van der Waals surface area contributed by atoms with E-state index in [4.69, 9.17) is 9.84 Å². The van der Waals surface area contributed by atoms with Gasteiger partial charge in [-0.25, -0.2) is 4.79 Å². The van der Waals surface area contributed by atoms with Gasteiger partial charge in [-0.3, -0.25) is 4.79 Å². The predicted molar refractivity (Wildman–Crippen MR) is 126 cm³/mol. The number of nitrogens with one attached hydrogen (secondary N) is 1. The van der Waals surface area contributed by atoms with Gasteiger partial charge in [0.1, 0.15) is 5.60 Å². The second-order valence-electron chi connectivity index (χ2n) is 8.50. The summed E-state index contributed by atoms with van der Waals surface area (Å²) < 4.78 is 6.71. The SMILES string of the molecule is CC(C)(C)OC(=O)NCc1ccc(-c2nn(-c3ccccc3)c(=O)c3ccccc23)cc1. The lowest BCUT2D eigenvalue weighted by molar-refractivity contribution is 0.0523. The number of rotatable bonds is 4. The summed E-state index contributed by atoms with van der Waals surface area (Å²) in [7, 11) is 0. The number of carbonyl (C=O) groups excluding carboxylic acids is 1. The Morgan fingerprint density at radius 1 is 0.906 bits per heavy atom. The Balaban J connectivity index is 1.67. The van der Waals surface area contributed by atoms with E-state index in [1.54, 1.807) is 0 Å². The van der Waals surface area contributed by atoms with Crippen molar-refractivity contribution in [1.82, 2.24) is 15.1 Å². The van der Waals surface area contributed by atoms with E-state index >= 15 is 0 Å². The van der Waals surface area contributed by atoms with Gasteiger partial charge in [-0.05, 0) is 44.5 Å². The van der Waals surface area contributed by atoms with Crippen LogP contribution in [0, 0.1) is 0 Å². The lowest BCUT2D eigenvalue weighted by atomic mass is 10.0. The van der Waals surface area contributed by atoms with Crippen molar-refractivity contribution in [2.45, 2.75) is 32.9 Å². The average Bonchev–Trinajstić information content (AvgIpc) is 2.78. The molecule has 0 saturated carbocycles. The van der Waals surface area contributed by atoms with Gasteiger partial charge >= 0.3 is 6.09 Å². The number of alkyl carbamates (subject to hydrolysis) is 1. The van der Waals surface area contributed by atoms with Gasteiger partial charge in [0.05, 0.1) is 16.8 Å². The van der Waals surface area contributed by atoms with Gasteiger partial charge in [0.25, 0.3) is 5.56 Å². The van der Waals surface area contributed by atoms with Crippen molar-refractivity contribution >= 4 is 16.9 Å². The molecule has 6 heteroatoms. The van der Waals surface area contributed by atoms with Gasteiger partial charge in [-0.1, -0.05) is 60.7 Å². The van der Waals surface area contributed by atoms with E-state index in [-0.39, 0.29) is 5.56 Å². The van der Waals surface area contributed by atoms with Crippen LogP contribution in [0.4, 0.5) is 4.79 Å². The molecule has 1 amide bonds. The number of para-hydroxylation sites is 1. The van der Waals surface area contributed by atoms with Crippen LogP contribution in [-0.2, 0) is 11.3 Å². The Kier molecular flexibility index (Phi) is 5.77. The smallest absolute Gasteiger partial charge is 0.407 e. The molecule has 1 heterocycles. The van der Waals surface area contributed by atoms with Gasteiger partial charge in [-0.15, -0.1) is 0 Å². The minimum absolute atomic E-state index is 0.159. The van der Waals surface area contributed by atoms with Gasteiger partial charge in [-0.2, -0.15) is 9.78 Å². The third kappa shape index (κ3) is 4.70. The molecule has 0 saturated heterocycles. The number of aromatic nitrogens is 2. The monoisotopic (exact) mass is 427 g/mol. The van der Waals surface area contributed by atoms with E-state index < -0.39 is 11.7 Å². The Morgan fingerprint density at radius 3 is 2.19 bits per heavy atom. The van der Waals surface area contributed by atoms with Crippen molar-refractivity contribution in [2.75, 3.05) is 0 Å². The fourth-order valence-corrected chi connectivity index (χ4v) is 3.42. The van der Waals surface area contributed by atoms with Crippen molar-refractivity contribution in [3.05, 3.63) is 94.8 Å². The molecule has 162 valence electrons. The van der Waals surface area contributed by atoms with E-state index in [2.05, 4.69) is 5.32 Å². The van der Waals surface area contributed by atoms with Crippen molar-refractivity contribution in [3.8, 4) is 16.9 Å². The number of carbonyl (C=O) groups is 1. The quantitative estimate of drug-likeness (QED) is 0.493. The molecule has 0 radical (unpaired) electrons. The predicted octanol–water partition coefficient (Wildman–Crippen LogP) is 5.08. The van der Waals surface area contributed by atoms with Crippen LogP contribution in [0.3, 0.4) is 0 Å². The highest BCUT2D eigenvalue weighted by Crippen LogP contribution is 2.25. The summed E-state index contributed by atoms with van der Waals surface area (Å²) in [5.74, 6) is 0. The van der Waals surface area contributed by atoms with Crippen LogP contribution in [0.1, 0.15) is 26.3 Å². The largest absolute Gasteiger partial charge is 0.444 e. The first kappa shape index (κ1) is 21.3. The summed E-state index contributed by atoms with van der Waals surface area (Å²) in [4.78, 5) is 25.0. The number of benzene rings is 3. The summed E-state index contributed by atoms with van der Waals surface area (Å²) in [6.07, 6.45) is -0.454. The molecule has 0 unspecified atom stereocenters. The Hall–Kier alpha value is -3.93. The molecular formula is C26H25N3O3. The molecule has 0 atom stereocenters. The minimum atomic E-state index is -0.539. The summed E-state index contributed by atoms with van der Waals surface area (Å²) in [6.45, 7) is 5.83. The van der Waals surface area contributed by atoms with Gasteiger partial charge < -0.3 is 10.1 Å². The lowest BCUT2D eigenvalue weighted by Gasteiger charge is -2.19. The molecular weight excluding hydrogens is 402 g/mol. The van der Waals surface area contributed by atoms with E-state index in [0.29, 0.717) is 17.6 Å². The lowest BCUT2D eigenvalue weighted by Crippen LogP contribution is -2.32. The Morgan fingerprint density at radius 2 is 1.53 bits per heavy atom. The second kappa shape index (κ2) is 8.67. The molecule has 3 aromatic carbocycles. The zero-order valence-electron chi connectivity index (χ0n) is 18.3. The summed E-state index contributed by atoms with van der Waals surface area (Å²) >= 11 is 0. The van der Waals surface area contributed by atoms with Crippen molar-refractivity contribution in [2.24, 2.45) is 0 Å². The van der Waals surface area contributed by atoms with Gasteiger partial charge in [0.2, 0.25) is 0 Å². The second-order valence-corrected chi connectivity index (χ2v) is 8.50. The number of amides is 1. The van der Waals surface area contributed by atoms with Crippen LogP contribution in [0.15, 0.2) is 83.7 Å². The number of nitrogens with zero attached hydrogens (tertiary/aromatic N) is 2. The third-order valence-electron chi connectivity index (χ3n) is 4.87. The van der Waals surface area contributed by atoms with Crippen LogP contribution in [0.2, 0.25) is 0 Å². The number of ether oxygens (including phenoxy) is 1. The summed E-state index contributed by atoms with van der Waals surface area (Å²) in [6, 6.07) is 24.6. The maximum absolute atomic E-state index is 13.1. The van der Waals surface area contributed by atoms with Crippen LogP contribution < -0.4 is 10.9 Å². The zero-order chi connectivity index (χ0) is 22.7. The van der Waals surface area contributed by atoms with Crippen LogP contribution in [-0.4, -0.2) is 21.5 Å². The zero-order valence-corrected chi connectivity index (χ0v) is 18.3. The van der Waals surface area contributed by atoms with Crippen LogP contribution in [0.25, 0.3) is 27.7 Å². The van der Waals surface area contributed by atoms with Crippen molar-refractivity contribution < 1.29 is 9.53 Å². The number of fused-ring (bicyclic) bond motifs is 1. The topological polar surface area (TPSA) is 73.2 Å². The summed E-state index contributed by atoms with van der Waals surface area (Å²) in [5.41, 5.74) is 2.54. The average molecular weight is 428 g/mol. The molecule has 1 N–H and O–H groups in total. The normalized spacial score (nSPS) is 11.3. The first-order valence-corrected chi connectivity index (χ1v) is 10.5. The molecule has 4 aromatic rings. The van der Waals surface area contributed by atoms with E-state index in [1.165, 1.54) is 4.68 Å². The van der Waals surface area contributed by atoms with Gasteiger partial charge in [0.15, 0.2) is 0 Å². The minimum Gasteiger partial charge on any atom is -0.444 e. The van der Waals surface area contributed by atoms with Crippen molar-refractivity contribution in [3.63, 3.8) is 0 Å². The van der Waals surface area contributed by atoms with Crippen LogP contribution in [0.5, 0.6) is 0 Å². The number of hydrogen-bond donors (Lipinski definition) is 1. The first-order chi connectivity index (χ1) is 15.3. The van der Waals surface area contributed by atoms with Crippen LogP contribution >= 0.6 is 0 Å². The highest BCUT2D eigenvalue weighted by molar-refractivity contribution is 5.93. The highest BCUT2D eigenvalue weighted by atomic mass is 16.6. The molecule has 1 aromatic heterocycles. The van der Waals surface area contributed by atoms with Crippen molar-refractivity contribution in [1.29, 1.82) is 0 Å². The molecule has 0 fully saturated rings. The molecule has 0 spiro atoms. The van der Waals surface area contributed by atoms with E-state index in [1.807, 2.05) is 99.6 Å². The summed E-state index contributed by atoms with van der Waals surface area (Å²) in [5, 5.41) is 8.86. The molecule has 32 heavy (non-hydrogen) atoms. The molecule has 4 rings (SSSR count). The standard InChI is InChI=1S/C26H25N3O3/c1-26(2,3)32-25(31)27-17-18-13-15-19(16-14-18)23-21-11-7-8-12-22(21)24(30)29(28-23)20-9-5-4-6-10-20/h4-16H,17H2,1-3H3,(H,27,31). The maximum Gasteiger partial charge on any atom is 0.407 e. The number of hydrogen-bond acceptors (Lipinski definition) is 4. The maximum atomic E-state index is 13.1. The molecule has 6 nitrogen and oxygen atoms in total. The molecule has 0 aliphatic rings. The Bertz CT molecular complexity index is 1300. The highest BCUT2D eigenvalue weighted by Gasteiger charge is 2.16. The molecule has 0 aliphatic heterocycles. The van der Waals surface area contributed by atoms with E-state index in [0.717, 1.165) is 22.2 Å². The van der Waals surface area contributed by atoms with Gasteiger partial charge in [0, 0.05) is 17.5 Å². The fraction of sp³-hybridized carbons (Fsp3) is 0.192. The molecule has 0 bridgehead atoms. The molecule has 0 aliphatic carbocycles.